The molecule has 0 aromatic carbocycles. The Kier molecular flexibility index (Phi) is 25.2. The zero-order valence-electron chi connectivity index (χ0n) is 42.1. The minimum Gasteiger partial charge on any atom is -0.633 e. The molecule has 0 saturated heterocycles. The van der Waals surface area contributed by atoms with E-state index in [1.807, 2.05) is 116 Å². The Morgan fingerprint density at radius 2 is 0.889 bits per heavy atom. The fraction of sp³-hybridized carbons (Fsp3) is 0.633. The minimum atomic E-state index is -0.438. The van der Waals surface area contributed by atoms with Gasteiger partial charge in [-0.25, -0.2) is 0 Å². The van der Waals surface area contributed by atoms with E-state index in [4.69, 9.17) is 10.5 Å². The highest BCUT2D eigenvalue weighted by Gasteiger charge is 2.34. The van der Waals surface area contributed by atoms with E-state index in [1.54, 1.807) is 14.1 Å². The molecule has 0 radical (unpaired) electrons. The average Bonchev–Trinajstić information content (AvgIpc) is 3.13. The van der Waals surface area contributed by atoms with E-state index in [0.717, 1.165) is 19.6 Å². The molecule has 3 rings (SSSR count). The lowest BCUT2D eigenvalue weighted by atomic mass is 9.82. The van der Waals surface area contributed by atoms with Crippen LogP contribution in [0.3, 0.4) is 0 Å². The fourth-order valence-corrected chi connectivity index (χ4v) is 6.63. The highest BCUT2D eigenvalue weighted by molar-refractivity contribution is 6.24. The Morgan fingerprint density at radius 3 is 1.16 bits per heavy atom. The van der Waals surface area contributed by atoms with Crippen molar-refractivity contribution in [1.82, 2.24) is 20.4 Å². The summed E-state index contributed by atoms with van der Waals surface area (Å²) in [6.07, 6.45) is 4.33. The molecule has 3 aliphatic carbocycles. The first-order chi connectivity index (χ1) is 29.0. The molecule has 4 N–H and O–H groups in total. The Bertz CT molecular complexity index is 1830. The number of nitrogens with zero attached hydrogens (tertiary/aromatic N) is 3. The van der Waals surface area contributed by atoms with Crippen LogP contribution in [0.15, 0.2) is 68.8 Å². The number of ketones is 6. The summed E-state index contributed by atoms with van der Waals surface area (Å²) in [7, 11) is 12.5. The smallest absolute Gasteiger partial charge is 0.221 e. The molecular formula is C49H82N6O8. The maximum absolute atomic E-state index is 12.5. The molecule has 0 aromatic rings. The second-order valence-electron chi connectivity index (χ2n) is 18.9. The van der Waals surface area contributed by atoms with Crippen LogP contribution in [0.4, 0.5) is 0 Å². The molecule has 3 aliphatic rings. The van der Waals surface area contributed by atoms with Crippen LogP contribution in [0, 0.1) is 40.7 Å². The molecule has 0 aromatic heterocycles. The highest BCUT2D eigenvalue weighted by Crippen LogP contribution is 2.30. The van der Waals surface area contributed by atoms with Gasteiger partial charge in [0.2, 0.25) is 17.3 Å². The van der Waals surface area contributed by atoms with E-state index in [9.17, 15) is 34.0 Å². The number of hydroxylamine groups is 3. The quantitative estimate of drug-likeness (QED) is 0.0963. The molecule has 0 unspecified atom stereocenters. The lowest BCUT2D eigenvalue weighted by Crippen LogP contribution is -2.40. The van der Waals surface area contributed by atoms with Crippen LogP contribution >= 0.6 is 0 Å². The van der Waals surface area contributed by atoms with Gasteiger partial charge in [0.15, 0.2) is 23.1 Å². The number of quaternary nitrogens is 1. The van der Waals surface area contributed by atoms with E-state index >= 15 is 0 Å². The van der Waals surface area contributed by atoms with Gasteiger partial charge in [-0.1, -0.05) is 83.1 Å². The molecule has 14 nitrogen and oxygen atoms in total. The van der Waals surface area contributed by atoms with E-state index in [1.165, 1.54) is 25.3 Å². The van der Waals surface area contributed by atoms with Crippen molar-refractivity contribution in [2.45, 2.75) is 83.1 Å². The molecular weight excluding hydrogens is 801 g/mol. The molecule has 14 heteroatoms. The molecule has 0 spiro atoms. The SMILES string of the molecule is CC(C)C1=CC(=O)C(NCCN(C)C)=C(C(C)C)C1=O.CC(C)C1=CC(=O)C(NCC[N+](C)(C)[O-])=C(C(C)C)C1=O.CN(C)CCN.COC1=C(C(C)C)C(=O)C(C(C)C)=CC1=O. The van der Waals surface area contributed by atoms with Crippen molar-refractivity contribution in [2.24, 2.45) is 41.2 Å². The summed E-state index contributed by atoms with van der Waals surface area (Å²) in [6.45, 7) is 26.9. The molecule has 0 amide bonds. The van der Waals surface area contributed by atoms with Crippen LogP contribution < -0.4 is 16.4 Å². The summed E-state index contributed by atoms with van der Waals surface area (Å²) in [4.78, 5) is 77.7. The molecule has 0 aliphatic heterocycles. The summed E-state index contributed by atoms with van der Waals surface area (Å²) in [5, 5.41) is 17.7. The number of hydrogen-bond donors (Lipinski definition) is 3. The third kappa shape index (κ3) is 18.7. The lowest BCUT2D eigenvalue weighted by Gasteiger charge is -2.34. The monoisotopic (exact) mass is 883 g/mol. The van der Waals surface area contributed by atoms with Crippen molar-refractivity contribution in [2.75, 3.05) is 88.7 Å². The molecule has 0 fully saturated rings. The summed E-state index contributed by atoms with van der Waals surface area (Å²) in [5.41, 5.74) is 9.44. The molecule has 356 valence electrons. The summed E-state index contributed by atoms with van der Waals surface area (Å²) < 4.78 is 4.60. The number of ether oxygens (including phenoxy) is 1. The lowest BCUT2D eigenvalue weighted by molar-refractivity contribution is -0.838. The number of likely N-dealkylation sites (N-methyl/N-ethyl adjacent to an activating group) is 3. The standard InChI is InChI=1S/C16H26N2O3.C16H26N2O2.C13H18O3.C4H12N2/c1-10(2)12-9-13(19)15(14(11(3)4)16(12)20)17-7-8-18(5,6)21;1-10(2)12-9-13(19)15(17-7-8-18(5)6)14(11(3)4)16(12)20;1-7(2)9-6-10(14)13(16-5)11(8(3)4)12(9)15;1-6(2)4-3-5/h9-11,17H,7-8H2,1-6H3;9-11,17H,7-8H2,1-6H3;6-8H,1-5H3;3-5H2,1-2H3. The van der Waals surface area contributed by atoms with Crippen molar-refractivity contribution in [3.63, 3.8) is 0 Å². The van der Waals surface area contributed by atoms with Crippen molar-refractivity contribution >= 4 is 34.7 Å². The number of carbonyl (C=O) groups is 6. The van der Waals surface area contributed by atoms with Gasteiger partial charge in [-0.05, 0) is 81.9 Å². The second kappa shape index (κ2) is 27.1. The van der Waals surface area contributed by atoms with E-state index < -0.39 is 4.65 Å². The van der Waals surface area contributed by atoms with Crippen LogP contribution in [0.2, 0.25) is 0 Å². The van der Waals surface area contributed by atoms with Crippen LogP contribution in [-0.2, 0) is 33.5 Å². The Hall–Kier alpha value is -4.34. The van der Waals surface area contributed by atoms with Crippen LogP contribution in [0.5, 0.6) is 0 Å². The summed E-state index contributed by atoms with van der Waals surface area (Å²) in [5.74, 6) is -0.193. The number of Topliss-reactive ketones (excluding diaryl/α,β-unsaturated/α-hetero) is 3. The third-order valence-electron chi connectivity index (χ3n) is 10.1. The largest absolute Gasteiger partial charge is 0.633 e. The molecule has 63 heavy (non-hydrogen) atoms. The number of methoxy groups -OCH3 is 1. The first-order valence-electron chi connectivity index (χ1n) is 22.2. The maximum atomic E-state index is 12.5. The summed E-state index contributed by atoms with van der Waals surface area (Å²) in [6, 6.07) is 0. The van der Waals surface area contributed by atoms with Gasteiger partial charge in [-0.2, -0.15) is 0 Å². The van der Waals surface area contributed by atoms with Crippen LogP contribution in [-0.4, -0.2) is 138 Å². The minimum absolute atomic E-state index is 0.00569. The first-order valence-corrected chi connectivity index (χ1v) is 22.2. The fourth-order valence-electron chi connectivity index (χ4n) is 6.63. The van der Waals surface area contributed by atoms with E-state index in [-0.39, 0.29) is 76.0 Å². The number of carbonyl (C=O) groups excluding carboxylic acids is 6. The molecule has 0 saturated carbocycles. The number of nitrogens with two attached hydrogens (primary N) is 1. The Labute approximate surface area is 379 Å². The number of hydrogen-bond acceptors (Lipinski definition) is 13. The van der Waals surface area contributed by atoms with Gasteiger partial charge in [0.1, 0.15) is 0 Å². The third-order valence-corrected chi connectivity index (χ3v) is 10.1. The number of rotatable bonds is 17. The van der Waals surface area contributed by atoms with Crippen molar-refractivity contribution < 1.29 is 38.2 Å². The van der Waals surface area contributed by atoms with Gasteiger partial charge in [0, 0.05) is 59.6 Å². The zero-order chi connectivity index (χ0) is 49.3. The van der Waals surface area contributed by atoms with E-state index in [0.29, 0.717) is 64.5 Å². The second-order valence-corrected chi connectivity index (χ2v) is 18.9. The molecule has 0 heterocycles. The van der Waals surface area contributed by atoms with Crippen molar-refractivity contribution in [3.05, 3.63) is 74.0 Å². The normalized spacial score (nSPS) is 16.2. The first kappa shape index (κ1) is 58.7. The molecule has 0 atom stereocenters. The van der Waals surface area contributed by atoms with Crippen molar-refractivity contribution in [3.8, 4) is 0 Å². The van der Waals surface area contributed by atoms with E-state index in [2.05, 4.69) is 15.5 Å². The number of allylic oxidation sites excluding steroid dienone is 9. The maximum Gasteiger partial charge on any atom is 0.221 e. The number of nitrogens with one attached hydrogen (secondary N) is 2. The Morgan fingerprint density at radius 1 is 0.556 bits per heavy atom. The van der Waals surface area contributed by atoms with Gasteiger partial charge in [-0.15, -0.1) is 0 Å². The van der Waals surface area contributed by atoms with Gasteiger partial charge < -0.3 is 40.8 Å². The van der Waals surface area contributed by atoms with Gasteiger partial charge in [-0.3, -0.25) is 28.8 Å². The summed E-state index contributed by atoms with van der Waals surface area (Å²) >= 11 is 0. The van der Waals surface area contributed by atoms with Gasteiger partial charge in [0.25, 0.3) is 0 Å². The Balaban J connectivity index is 0.000000864. The van der Waals surface area contributed by atoms with Crippen molar-refractivity contribution in [1.29, 1.82) is 0 Å². The molecule has 0 bridgehead atoms. The predicted molar refractivity (Wildman–Crippen MR) is 254 cm³/mol. The topological polar surface area (TPSA) is 191 Å². The van der Waals surface area contributed by atoms with Gasteiger partial charge in [0.05, 0.1) is 45.7 Å². The highest BCUT2D eigenvalue weighted by atomic mass is 16.5. The predicted octanol–water partition coefficient (Wildman–Crippen LogP) is 5.36. The van der Waals surface area contributed by atoms with Crippen LogP contribution in [0.1, 0.15) is 83.1 Å². The average molecular weight is 883 g/mol. The van der Waals surface area contributed by atoms with Gasteiger partial charge >= 0.3 is 0 Å². The zero-order valence-corrected chi connectivity index (χ0v) is 42.1. The van der Waals surface area contributed by atoms with Crippen LogP contribution in [0.25, 0.3) is 0 Å².